The first kappa shape index (κ1) is 11.4. The molecular weight excluding hydrogens is 246 g/mol. The quantitative estimate of drug-likeness (QED) is 0.760. The van der Waals surface area contributed by atoms with Gasteiger partial charge in [-0.15, -0.1) is 0 Å². The summed E-state index contributed by atoms with van der Waals surface area (Å²) in [5.41, 5.74) is 1.03. The number of benzene rings is 1. The fourth-order valence-corrected chi connectivity index (χ4v) is 1.69. The largest absolute Gasteiger partial charge is 0.497 e. The number of rotatable bonds is 4. The summed E-state index contributed by atoms with van der Waals surface area (Å²) in [5, 5.41) is 10.3. The van der Waals surface area contributed by atoms with E-state index < -0.39 is 0 Å². The van der Waals surface area contributed by atoms with E-state index in [4.69, 9.17) is 9.26 Å². The summed E-state index contributed by atoms with van der Waals surface area (Å²) in [4.78, 5) is 8.21. The Hall–Kier alpha value is -2.70. The topological polar surface area (TPSA) is 89.7 Å². The van der Waals surface area contributed by atoms with Crippen molar-refractivity contribution in [2.75, 3.05) is 7.11 Å². The zero-order valence-electron chi connectivity index (χ0n) is 10.2. The Morgan fingerprint density at radius 2 is 2.32 bits per heavy atom. The molecule has 1 aromatic carbocycles. The second kappa shape index (κ2) is 4.89. The highest BCUT2D eigenvalue weighted by Crippen LogP contribution is 2.16. The van der Waals surface area contributed by atoms with Gasteiger partial charge in [-0.2, -0.15) is 10.1 Å². The van der Waals surface area contributed by atoms with Crippen LogP contribution in [0.15, 0.2) is 35.1 Å². The summed E-state index contributed by atoms with van der Waals surface area (Å²) in [6.07, 6.45) is 1.94. The predicted molar refractivity (Wildman–Crippen MR) is 65.5 cm³/mol. The number of H-pyrrole nitrogens is 1. The molecule has 0 radical (unpaired) electrons. The van der Waals surface area contributed by atoms with Gasteiger partial charge in [0, 0.05) is 0 Å². The third-order valence-electron chi connectivity index (χ3n) is 2.58. The van der Waals surface area contributed by atoms with E-state index in [0.29, 0.717) is 24.0 Å². The Labute approximate surface area is 108 Å². The molecule has 0 aliphatic rings. The van der Waals surface area contributed by atoms with Gasteiger partial charge in [0.2, 0.25) is 11.7 Å². The molecule has 0 amide bonds. The Bertz CT molecular complexity index is 662. The van der Waals surface area contributed by atoms with E-state index in [1.54, 1.807) is 7.11 Å². The molecule has 0 bridgehead atoms. The molecule has 0 aliphatic heterocycles. The molecule has 2 heterocycles. The van der Waals surface area contributed by atoms with Gasteiger partial charge in [0.05, 0.1) is 13.5 Å². The Morgan fingerprint density at radius 3 is 3.11 bits per heavy atom. The number of hydrogen-bond acceptors (Lipinski definition) is 6. The highest BCUT2D eigenvalue weighted by Gasteiger charge is 2.11. The van der Waals surface area contributed by atoms with Gasteiger partial charge in [-0.25, -0.2) is 4.98 Å². The van der Waals surface area contributed by atoms with Gasteiger partial charge in [-0.1, -0.05) is 17.3 Å². The zero-order valence-corrected chi connectivity index (χ0v) is 10.2. The molecule has 0 fully saturated rings. The van der Waals surface area contributed by atoms with Crippen LogP contribution in [0.1, 0.15) is 11.5 Å². The number of nitrogens with zero attached hydrogens (tertiary/aromatic N) is 4. The van der Waals surface area contributed by atoms with Crippen molar-refractivity contribution in [3.05, 3.63) is 42.0 Å². The highest BCUT2D eigenvalue weighted by atomic mass is 16.5. The van der Waals surface area contributed by atoms with Gasteiger partial charge in [0.15, 0.2) is 5.82 Å². The molecule has 7 nitrogen and oxygen atoms in total. The van der Waals surface area contributed by atoms with Crippen LogP contribution in [-0.4, -0.2) is 32.4 Å². The summed E-state index contributed by atoms with van der Waals surface area (Å²) < 4.78 is 10.3. The lowest BCUT2D eigenvalue weighted by Crippen LogP contribution is -1.90. The van der Waals surface area contributed by atoms with E-state index in [0.717, 1.165) is 11.3 Å². The van der Waals surface area contributed by atoms with E-state index in [1.807, 2.05) is 24.3 Å². The third kappa shape index (κ3) is 2.44. The fourth-order valence-electron chi connectivity index (χ4n) is 1.69. The van der Waals surface area contributed by atoms with Crippen LogP contribution in [-0.2, 0) is 6.42 Å². The lowest BCUT2D eigenvalue weighted by Gasteiger charge is -2.01. The first-order chi connectivity index (χ1) is 9.35. The minimum absolute atomic E-state index is 0.399. The van der Waals surface area contributed by atoms with Crippen molar-refractivity contribution >= 4 is 0 Å². The average Bonchev–Trinajstić information content (AvgIpc) is 3.09. The van der Waals surface area contributed by atoms with Crippen molar-refractivity contribution in [2.24, 2.45) is 0 Å². The molecule has 2 aromatic heterocycles. The molecule has 7 heteroatoms. The molecule has 3 rings (SSSR count). The number of nitrogens with one attached hydrogen (secondary N) is 1. The van der Waals surface area contributed by atoms with Crippen LogP contribution < -0.4 is 4.74 Å². The van der Waals surface area contributed by atoms with Crippen LogP contribution >= 0.6 is 0 Å². The number of aromatic amines is 1. The van der Waals surface area contributed by atoms with Crippen LogP contribution in [0.4, 0.5) is 0 Å². The van der Waals surface area contributed by atoms with Gasteiger partial charge >= 0.3 is 0 Å². The molecule has 0 unspecified atom stereocenters. The molecule has 1 N–H and O–H groups in total. The van der Waals surface area contributed by atoms with Crippen molar-refractivity contribution in [3.8, 4) is 17.4 Å². The standard InChI is InChI=1S/C12H11N5O2/c1-18-9-4-2-3-8(5-9)6-10-15-12(17-19-10)11-13-7-14-16-11/h2-5,7H,6H2,1H3,(H,13,14,16). The van der Waals surface area contributed by atoms with Gasteiger partial charge < -0.3 is 9.26 Å². The van der Waals surface area contributed by atoms with Crippen LogP contribution in [0.2, 0.25) is 0 Å². The van der Waals surface area contributed by atoms with Crippen molar-refractivity contribution in [1.29, 1.82) is 0 Å². The molecule has 96 valence electrons. The van der Waals surface area contributed by atoms with Crippen LogP contribution in [0.3, 0.4) is 0 Å². The summed E-state index contributed by atoms with van der Waals surface area (Å²) in [5.74, 6) is 2.20. The fraction of sp³-hybridized carbons (Fsp3) is 0.167. The zero-order chi connectivity index (χ0) is 13.1. The molecule has 0 atom stereocenters. The number of ether oxygens (including phenoxy) is 1. The summed E-state index contributed by atoms with van der Waals surface area (Å²) in [7, 11) is 1.63. The maximum atomic E-state index is 5.18. The summed E-state index contributed by atoms with van der Waals surface area (Å²) in [6.45, 7) is 0. The van der Waals surface area contributed by atoms with E-state index >= 15 is 0 Å². The van der Waals surface area contributed by atoms with E-state index in [9.17, 15) is 0 Å². The minimum atomic E-state index is 0.399. The summed E-state index contributed by atoms with van der Waals surface area (Å²) >= 11 is 0. The second-order valence-corrected chi connectivity index (χ2v) is 3.87. The monoisotopic (exact) mass is 257 g/mol. The van der Waals surface area contributed by atoms with Crippen molar-refractivity contribution < 1.29 is 9.26 Å². The normalized spacial score (nSPS) is 10.6. The van der Waals surface area contributed by atoms with Gasteiger partial charge in [-0.05, 0) is 17.7 Å². The second-order valence-electron chi connectivity index (χ2n) is 3.87. The lowest BCUT2D eigenvalue weighted by molar-refractivity contribution is 0.385. The molecule has 0 aliphatic carbocycles. The number of hydrogen-bond donors (Lipinski definition) is 1. The third-order valence-corrected chi connectivity index (χ3v) is 2.58. The average molecular weight is 257 g/mol. The maximum absolute atomic E-state index is 5.18. The van der Waals surface area contributed by atoms with Crippen LogP contribution in [0, 0.1) is 0 Å². The molecule has 0 saturated carbocycles. The van der Waals surface area contributed by atoms with Crippen LogP contribution in [0.5, 0.6) is 5.75 Å². The number of aromatic nitrogens is 5. The first-order valence-electron chi connectivity index (χ1n) is 5.66. The Kier molecular flexibility index (Phi) is 2.93. The first-order valence-corrected chi connectivity index (χ1v) is 5.66. The summed E-state index contributed by atoms with van der Waals surface area (Å²) in [6, 6.07) is 7.71. The SMILES string of the molecule is COc1cccc(Cc2nc(-c3ncn[nH]3)no2)c1. The number of methoxy groups -OCH3 is 1. The van der Waals surface area contributed by atoms with E-state index in [2.05, 4.69) is 25.3 Å². The molecular formula is C12H11N5O2. The Balaban J connectivity index is 1.80. The predicted octanol–water partition coefficient (Wildman–Crippen LogP) is 1.45. The van der Waals surface area contributed by atoms with Crippen molar-refractivity contribution in [3.63, 3.8) is 0 Å². The van der Waals surface area contributed by atoms with Crippen molar-refractivity contribution in [1.82, 2.24) is 25.3 Å². The Morgan fingerprint density at radius 1 is 1.37 bits per heavy atom. The molecule has 3 aromatic rings. The van der Waals surface area contributed by atoms with Gasteiger partial charge in [-0.3, -0.25) is 5.10 Å². The van der Waals surface area contributed by atoms with E-state index in [1.165, 1.54) is 6.33 Å². The molecule has 0 spiro atoms. The highest BCUT2D eigenvalue weighted by molar-refractivity contribution is 5.40. The van der Waals surface area contributed by atoms with Gasteiger partial charge in [0.1, 0.15) is 12.1 Å². The molecule has 0 saturated heterocycles. The van der Waals surface area contributed by atoms with Crippen molar-refractivity contribution in [2.45, 2.75) is 6.42 Å². The smallest absolute Gasteiger partial charge is 0.239 e. The van der Waals surface area contributed by atoms with Crippen LogP contribution in [0.25, 0.3) is 11.6 Å². The minimum Gasteiger partial charge on any atom is -0.497 e. The molecule has 19 heavy (non-hydrogen) atoms. The van der Waals surface area contributed by atoms with E-state index in [-0.39, 0.29) is 0 Å². The maximum Gasteiger partial charge on any atom is 0.239 e. The van der Waals surface area contributed by atoms with Gasteiger partial charge in [0.25, 0.3) is 0 Å². The lowest BCUT2D eigenvalue weighted by atomic mass is 10.1.